The Bertz CT molecular complexity index is 509. The first kappa shape index (κ1) is 12.1. The molecule has 0 bridgehead atoms. The van der Waals surface area contributed by atoms with Gasteiger partial charge in [-0.05, 0) is 0 Å². The number of rotatable bonds is 3. The van der Waals surface area contributed by atoms with Crippen LogP contribution in [0.2, 0.25) is 0 Å². The number of aromatic nitrogens is 2. The standard InChI is InChI=1S/C10H11N3O5/c1-18-10(17)6-3-7(12-11-6)13-4-5(9(15)16)2-8(13)14/h3,5H,2,4H2,1H3,(H,11,12)(H,15,16). The first-order chi connectivity index (χ1) is 8.52. The monoisotopic (exact) mass is 253 g/mol. The number of carbonyl (C=O) groups excluding carboxylic acids is 2. The van der Waals surface area contributed by atoms with E-state index < -0.39 is 17.9 Å². The van der Waals surface area contributed by atoms with Crippen LogP contribution >= 0.6 is 0 Å². The van der Waals surface area contributed by atoms with E-state index in [0.29, 0.717) is 0 Å². The Morgan fingerprint density at radius 2 is 2.33 bits per heavy atom. The third kappa shape index (κ3) is 2.04. The highest BCUT2D eigenvalue weighted by Gasteiger charge is 2.36. The van der Waals surface area contributed by atoms with Crippen molar-refractivity contribution in [3.05, 3.63) is 11.8 Å². The number of hydrogen-bond donors (Lipinski definition) is 2. The molecule has 8 heteroatoms. The van der Waals surface area contributed by atoms with E-state index in [4.69, 9.17) is 5.11 Å². The second kappa shape index (κ2) is 4.47. The first-order valence-corrected chi connectivity index (χ1v) is 5.20. The molecule has 2 rings (SSSR count). The smallest absolute Gasteiger partial charge is 0.356 e. The summed E-state index contributed by atoms with van der Waals surface area (Å²) in [5.74, 6) is -2.46. The predicted molar refractivity (Wildman–Crippen MR) is 58.0 cm³/mol. The third-order valence-electron chi connectivity index (χ3n) is 2.72. The van der Waals surface area contributed by atoms with E-state index in [1.165, 1.54) is 18.1 Å². The van der Waals surface area contributed by atoms with Gasteiger partial charge in [0.15, 0.2) is 5.82 Å². The Kier molecular flexibility index (Phi) is 3.00. The van der Waals surface area contributed by atoms with Gasteiger partial charge < -0.3 is 9.84 Å². The lowest BCUT2D eigenvalue weighted by Crippen LogP contribution is -2.26. The van der Waals surface area contributed by atoms with Crippen molar-refractivity contribution < 1.29 is 24.2 Å². The van der Waals surface area contributed by atoms with E-state index in [-0.39, 0.29) is 30.4 Å². The fourth-order valence-electron chi connectivity index (χ4n) is 1.76. The van der Waals surface area contributed by atoms with Crippen LogP contribution in [0.5, 0.6) is 0 Å². The van der Waals surface area contributed by atoms with Crippen molar-refractivity contribution in [2.24, 2.45) is 5.92 Å². The molecule has 1 aromatic heterocycles. The van der Waals surface area contributed by atoms with Gasteiger partial charge in [-0.3, -0.25) is 19.6 Å². The van der Waals surface area contributed by atoms with E-state index in [1.807, 2.05) is 0 Å². The van der Waals surface area contributed by atoms with Gasteiger partial charge in [0.1, 0.15) is 5.69 Å². The Labute approximate surface area is 102 Å². The summed E-state index contributed by atoms with van der Waals surface area (Å²) in [7, 11) is 1.23. The number of hydrogen-bond acceptors (Lipinski definition) is 5. The molecule has 0 radical (unpaired) electrons. The van der Waals surface area contributed by atoms with Gasteiger partial charge in [-0.25, -0.2) is 4.79 Å². The maximum atomic E-state index is 11.6. The van der Waals surface area contributed by atoms with Crippen molar-refractivity contribution in [2.45, 2.75) is 6.42 Å². The van der Waals surface area contributed by atoms with Crippen LogP contribution in [-0.2, 0) is 14.3 Å². The number of carboxylic acids is 1. The molecule has 1 aliphatic heterocycles. The van der Waals surface area contributed by atoms with Gasteiger partial charge in [0.2, 0.25) is 5.91 Å². The normalized spacial score (nSPS) is 19.1. The summed E-state index contributed by atoms with van der Waals surface area (Å²) in [6, 6.07) is 1.36. The zero-order valence-corrected chi connectivity index (χ0v) is 9.54. The Balaban J connectivity index is 2.17. The molecule has 0 spiro atoms. The second-order valence-electron chi connectivity index (χ2n) is 3.88. The number of methoxy groups -OCH3 is 1. The first-order valence-electron chi connectivity index (χ1n) is 5.20. The molecule has 1 aromatic rings. The molecule has 18 heavy (non-hydrogen) atoms. The number of nitrogens with one attached hydrogen (secondary N) is 1. The molecule has 96 valence electrons. The van der Waals surface area contributed by atoms with Crippen molar-refractivity contribution >= 4 is 23.7 Å². The molecule has 0 aromatic carbocycles. The van der Waals surface area contributed by atoms with Gasteiger partial charge in [0.05, 0.1) is 13.0 Å². The Morgan fingerprint density at radius 3 is 2.89 bits per heavy atom. The van der Waals surface area contributed by atoms with E-state index in [1.54, 1.807) is 0 Å². The number of nitrogens with zero attached hydrogens (tertiary/aromatic N) is 2. The molecular weight excluding hydrogens is 242 g/mol. The summed E-state index contributed by atoms with van der Waals surface area (Å²) in [5, 5.41) is 15.1. The van der Waals surface area contributed by atoms with Gasteiger partial charge >= 0.3 is 11.9 Å². The van der Waals surface area contributed by atoms with Gasteiger partial charge in [-0.15, -0.1) is 0 Å². The summed E-state index contributed by atoms with van der Waals surface area (Å²) >= 11 is 0. The molecule has 1 amide bonds. The lowest BCUT2D eigenvalue weighted by Gasteiger charge is -2.11. The van der Waals surface area contributed by atoms with Crippen LogP contribution in [0.3, 0.4) is 0 Å². The molecule has 2 heterocycles. The number of carbonyl (C=O) groups is 3. The summed E-state index contributed by atoms with van der Waals surface area (Å²) in [4.78, 5) is 34.9. The number of H-pyrrole nitrogens is 1. The molecule has 8 nitrogen and oxygen atoms in total. The number of carboxylic acid groups (broad SMARTS) is 1. The maximum Gasteiger partial charge on any atom is 0.356 e. The minimum Gasteiger partial charge on any atom is -0.481 e. The van der Waals surface area contributed by atoms with E-state index >= 15 is 0 Å². The molecule has 1 aliphatic rings. The van der Waals surface area contributed by atoms with Crippen molar-refractivity contribution in [2.75, 3.05) is 18.6 Å². The summed E-state index contributed by atoms with van der Waals surface area (Å²) in [6.07, 6.45) is -0.0598. The van der Waals surface area contributed by atoms with Gasteiger partial charge in [0.25, 0.3) is 0 Å². The molecule has 1 saturated heterocycles. The van der Waals surface area contributed by atoms with Crippen LogP contribution in [0, 0.1) is 5.92 Å². The Morgan fingerprint density at radius 1 is 1.61 bits per heavy atom. The zero-order chi connectivity index (χ0) is 13.3. The topological polar surface area (TPSA) is 113 Å². The van der Waals surface area contributed by atoms with Crippen molar-refractivity contribution in [1.29, 1.82) is 0 Å². The molecule has 1 fully saturated rings. The highest BCUT2D eigenvalue weighted by molar-refractivity contribution is 5.99. The summed E-state index contributed by atoms with van der Waals surface area (Å²) in [6.45, 7) is 0.0552. The number of ether oxygens (including phenoxy) is 1. The van der Waals surface area contributed by atoms with E-state index in [2.05, 4.69) is 14.9 Å². The van der Waals surface area contributed by atoms with Gasteiger partial charge in [-0.1, -0.05) is 0 Å². The lowest BCUT2D eigenvalue weighted by molar-refractivity contribution is -0.141. The van der Waals surface area contributed by atoms with Crippen LogP contribution in [0.25, 0.3) is 0 Å². The number of anilines is 1. The fraction of sp³-hybridized carbons (Fsp3) is 0.400. The largest absolute Gasteiger partial charge is 0.481 e. The second-order valence-corrected chi connectivity index (χ2v) is 3.88. The molecule has 1 unspecified atom stereocenters. The average molecular weight is 253 g/mol. The van der Waals surface area contributed by atoms with Crippen molar-refractivity contribution in [1.82, 2.24) is 10.2 Å². The van der Waals surface area contributed by atoms with Crippen LogP contribution in [-0.4, -0.2) is 46.8 Å². The number of amides is 1. The van der Waals surface area contributed by atoms with Crippen molar-refractivity contribution in [3.8, 4) is 0 Å². The van der Waals surface area contributed by atoms with E-state index in [0.717, 1.165) is 0 Å². The van der Waals surface area contributed by atoms with Crippen LogP contribution in [0.4, 0.5) is 5.82 Å². The van der Waals surface area contributed by atoms with Crippen LogP contribution in [0.1, 0.15) is 16.9 Å². The number of aromatic amines is 1. The lowest BCUT2D eigenvalue weighted by atomic mass is 10.1. The maximum absolute atomic E-state index is 11.6. The minimum absolute atomic E-state index is 0.0552. The number of esters is 1. The minimum atomic E-state index is -1.02. The zero-order valence-electron chi connectivity index (χ0n) is 9.54. The highest BCUT2D eigenvalue weighted by Crippen LogP contribution is 2.24. The molecule has 0 saturated carbocycles. The summed E-state index contributed by atoms with van der Waals surface area (Å²) < 4.78 is 4.49. The van der Waals surface area contributed by atoms with Crippen LogP contribution < -0.4 is 4.90 Å². The molecule has 2 N–H and O–H groups in total. The van der Waals surface area contributed by atoms with Gasteiger partial charge in [0, 0.05) is 19.0 Å². The fourth-order valence-corrected chi connectivity index (χ4v) is 1.76. The Hall–Kier alpha value is -2.38. The van der Waals surface area contributed by atoms with Crippen LogP contribution in [0.15, 0.2) is 6.07 Å². The van der Waals surface area contributed by atoms with E-state index in [9.17, 15) is 14.4 Å². The molecule has 0 aliphatic carbocycles. The van der Waals surface area contributed by atoms with Crippen molar-refractivity contribution in [3.63, 3.8) is 0 Å². The SMILES string of the molecule is COC(=O)c1cc(N2CC(C(=O)O)CC2=O)n[nH]1. The molecular formula is C10H11N3O5. The third-order valence-corrected chi connectivity index (χ3v) is 2.72. The predicted octanol–water partition coefficient (Wildman–Crippen LogP) is -0.366. The average Bonchev–Trinajstić information content (AvgIpc) is 2.94. The highest BCUT2D eigenvalue weighted by atomic mass is 16.5. The summed E-state index contributed by atoms with van der Waals surface area (Å²) in [5.41, 5.74) is 0.110. The van der Waals surface area contributed by atoms with Gasteiger partial charge in [-0.2, -0.15) is 5.10 Å². The quantitative estimate of drug-likeness (QED) is 0.711. The number of aliphatic carboxylic acids is 1. The molecule has 1 atom stereocenters.